The van der Waals surface area contributed by atoms with E-state index in [9.17, 15) is 8.42 Å². The van der Waals surface area contributed by atoms with Crippen molar-refractivity contribution in [2.75, 3.05) is 13.1 Å². The fraction of sp³-hybridized carbons (Fsp3) is 0.571. The average molecular weight is 383 g/mol. The van der Waals surface area contributed by atoms with Crippen LogP contribution >= 0.6 is 27.5 Å². The highest BCUT2D eigenvalue weighted by Crippen LogP contribution is 2.27. The van der Waals surface area contributed by atoms with Gasteiger partial charge in [0.25, 0.3) is 0 Å². The van der Waals surface area contributed by atoms with Crippen molar-refractivity contribution in [1.29, 1.82) is 0 Å². The van der Waals surface area contributed by atoms with Gasteiger partial charge in [-0.1, -0.05) is 33.3 Å². The smallest absolute Gasteiger partial charge is 0.207 e. The number of nitrogens with zero attached hydrogens (tertiary/aromatic N) is 1. The number of benzene rings is 1. The summed E-state index contributed by atoms with van der Waals surface area (Å²) in [6, 6.07) is 5.20. The fourth-order valence-corrected chi connectivity index (χ4v) is 4.55. The van der Waals surface area contributed by atoms with E-state index in [1.165, 1.54) is 4.31 Å². The first-order valence-electron chi connectivity index (χ1n) is 6.71. The van der Waals surface area contributed by atoms with Crippen LogP contribution in [0.15, 0.2) is 27.6 Å². The quantitative estimate of drug-likeness (QED) is 0.661. The van der Waals surface area contributed by atoms with E-state index in [2.05, 4.69) is 29.8 Å². The largest absolute Gasteiger partial charge is 0.244 e. The Hall–Kier alpha value is -0.100. The van der Waals surface area contributed by atoms with Crippen LogP contribution in [0.3, 0.4) is 0 Å². The maximum absolute atomic E-state index is 12.8. The third-order valence-corrected chi connectivity index (χ3v) is 6.58. The topological polar surface area (TPSA) is 37.4 Å². The predicted molar refractivity (Wildman–Crippen MR) is 87.6 cm³/mol. The summed E-state index contributed by atoms with van der Waals surface area (Å²) < 4.78 is 27.6. The number of hydrogen-bond acceptors (Lipinski definition) is 2. The molecule has 1 atom stereocenters. The van der Waals surface area contributed by atoms with Gasteiger partial charge >= 0.3 is 0 Å². The zero-order chi connectivity index (χ0) is 15.3. The predicted octanol–water partition coefficient (Wildman–Crippen LogP) is 4.24. The molecule has 0 aromatic heterocycles. The van der Waals surface area contributed by atoms with E-state index in [0.717, 1.165) is 12.0 Å². The summed E-state index contributed by atoms with van der Waals surface area (Å²) in [5, 5.41) is 0. The first-order chi connectivity index (χ1) is 9.36. The van der Waals surface area contributed by atoms with Gasteiger partial charge < -0.3 is 0 Å². The van der Waals surface area contributed by atoms with Crippen LogP contribution in [0, 0.1) is 5.92 Å². The SMILES string of the molecule is CCC(C)CN(CC)S(=O)(=O)c1cc(CCl)ccc1Br. The molecule has 0 amide bonds. The van der Waals surface area contributed by atoms with Crippen molar-refractivity contribution in [3.63, 3.8) is 0 Å². The Morgan fingerprint density at radius 3 is 2.50 bits per heavy atom. The molecule has 6 heteroatoms. The molecule has 0 aliphatic rings. The Morgan fingerprint density at radius 1 is 1.35 bits per heavy atom. The minimum Gasteiger partial charge on any atom is -0.207 e. The molecule has 1 aromatic rings. The zero-order valence-electron chi connectivity index (χ0n) is 12.1. The van der Waals surface area contributed by atoms with Crippen LogP contribution in [0.2, 0.25) is 0 Å². The lowest BCUT2D eigenvalue weighted by molar-refractivity contribution is 0.361. The van der Waals surface area contributed by atoms with Crippen molar-refractivity contribution in [3.8, 4) is 0 Å². The molecule has 0 aliphatic carbocycles. The van der Waals surface area contributed by atoms with Crippen molar-refractivity contribution in [1.82, 2.24) is 4.31 Å². The molecular weight excluding hydrogens is 362 g/mol. The van der Waals surface area contributed by atoms with Crippen molar-refractivity contribution in [2.24, 2.45) is 5.92 Å². The van der Waals surface area contributed by atoms with Crippen molar-refractivity contribution in [2.45, 2.75) is 38.0 Å². The molecule has 3 nitrogen and oxygen atoms in total. The van der Waals surface area contributed by atoms with Crippen LogP contribution < -0.4 is 0 Å². The summed E-state index contributed by atoms with van der Waals surface area (Å²) in [5.41, 5.74) is 0.799. The summed E-state index contributed by atoms with van der Waals surface area (Å²) in [7, 11) is -3.49. The molecule has 0 heterocycles. The Balaban J connectivity index is 3.19. The van der Waals surface area contributed by atoms with Gasteiger partial charge in [-0.25, -0.2) is 8.42 Å². The molecule has 0 radical (unpaired) electrons. The van der Waals surface area contributed by atoms with E-state index in [0.29, 0.717) is 34.3 Å². The van der Waals surface area contributed by atoms with Crippen LogP contribution in [0.5, 0.6) is 0 Å². The highest BCUT2D eigenvalue weighted by atomic mass is 79.9. The van der Waals surface area contributed by atoms with E-state index >= 15 is 0 Å². The molecule has 0 bridgehead atoms. The van der Waals surface area contributed by atoms with Crippen molar-refractivity contribution in [3.05, 3.63) is 28.2 Å². The van der Waals surface area contributed by atoms with Crippen LogP contribution in [-0.2, 0) is 15.9 Å². The van der Waals surface area contributed by atoms with Crippen LogP contribution in [0.25, 0.3) is 0 Å². The minimum absolute atomic E-state index is 0.292. The molecule has 114 valence electrons. The molecule has 1 rings (SSSR count). The second kappa shape index (κ2) is 7.78. The summed E-state index contributed by atoms with van der Waals surface area (Å²) in [6.07, 6.45) is 0.953. The highest BCUT2D eigenvalue weighted by molar-refractivity contribution is 9.10. The van der Waals surface area contributed by atoms with Gasteiger partial charge in [-0.15, -0.1) is 11.6 Å². The first-order valence-corrected chi connectivity index (χ1v) is 9.48. The number of rotatable bonds is 7. The number of sulfonamides is 1. The van der Waals surface area contributed by atoms with Gasteiger partial charge in [0.05, 0.1) is 4.90 Å². The summed E-state index contributed by atoms with van der Waals surface area (Å²) in [4.78, 5) is 0.292. The first kappa shape index (κ1) is 18.0. The third kappa shape index (κ3) is 4.20. The van der Waals surface area contributed by atoms with Gasteiger partial charge in [-0.2, -0.15) is 4.31 Å². The average Bonchev–Trinajstić information content (AvgIpc) is 2.44. The fourth-order valence-electron chi connectivity index (χ4n) is 1.84. The molecule has 1 aromatic carbocycles. The lowest BCUT2D eigenvalue weighted by Crippen LogP contribution is -2.34. The third-order valence-electron chi connectivity index (χ3n) is 3.33. The monoisotopic (exact) mass is 381 g/mol. The standard InChI is InChI=1S/C14H21BrClNO2S/c1-4-11(3)10-17(5-2)20(18,19)14-8-12(9-16)6-7-13(14)15/h6-8,11H,4-5,9-10H2,1-3H3. The molecule has 0 saturated heterocycles. The molecular formula is C14H21BrClNO2S. The summed E-state index contributed by atoms with van der Waals surface area (Å²) in [6.45, 7) is 6.98. The van der Waals surface area contributed by atoms with E-state index in [4.69, 9.17) is 11.6 Å². The summed E-state index contributed by atoms with van der Waals surface area (Å²) in [5.74, 6) is 0.632. The maximum atomic E-state index is 12.8. The molecule has 1 unspecified atom stereocenters. The molecule has 0 aliphatic heterocycles. The van der Waals surface area contributed by atoms with Gasteiger partial charge in [-0.3, -0.25) is 0 Å². The highest BCUT2D eigenvalue weighted by Gasteiger charge is 2.26. The van der Waals surface area contributed by atoms with Crippen LogP contribution in [-0.4, -0.2) is 25.8 Å². The molecule has 0 saturated carbocycles. The number of alkyl halides is 1. The Bertz CT molecular complexity index is 548. The Morgan fingerprint density at radius 2 is 2.00 bits per heavy atom. The van der Waals surface area contributed by atoms with Crippen LogP contribution in [0.4, 0.5) is 0 Å². The van der Waals surface area contributed by atoms with E-state index in [1.54, 1.807) is 12.1 Å². The van der Waals surface area contributed by atoms with Gasteiger partial charge in [0.1, 0.15) is 0 Å². The van der Waals surface area contributed by atoms with Crippen molar-refractivity contribution < 1.29 is 8.42 Å². The molecule has 0 N–H and O–H groups in total. The van der Waals surface area contributed by atoms with Gasteiger partial charge in [0, 0.05) is 23.4 Å². The van der Waals surface area contributed by atoms with E-state index in [-0.39, 0.29) is 0 Å². The van der Waals surface area contributed by atoms with Gasteiger partial charge in [-0.05, 0) is 39.5 Å². The van der Waals surface area contributed by atoms with E-state index < -0.39 is 10.0 Å². The second-order valence-electron chi connectivity index (χ2n) is 4.87. The zero-order valence-corrected chi connectivity index (χ0v) is 15.2. The van der Waals surface area contributed by atoms with Crippen molar-refractivity contribution >= 4 is 37.6 Å². The summed E-state index contributed by atoms with van der Waals surface area (Å²) >= 11 is 9.13. The number of hydrogen-bond donors (Lipinski definition) is 0. The van der Waals surface area contributed by atoms with Crippen LogP contribution in [0.1, 0.15) is 32.8 Å². The Kier molecular flexibility index (Phi) is 6.98. The normalized spacial score (nSPS) is 13.7. The molecule has 0 spiro atoms. The lowest BCUT2D eigenvalue weighted by atomic mass is 10.1. The van der Waals surface area contributed by atoms with Gasteiger partial charge in [0.2, 0.25) is 10.0 Å². The Labute approximate surface area is 135 Å². The lowest BCUT2D eigenvalue weighted by Gasteiger charge is -2.24. The van der Waals surface area contributed by atoms with Gasteiger partial charge in [0.15, 0.2) is 0 Å². The minimum atomic E-state index is -3.49. The molecule has 0 fully saturated rings. The molecule has 20 heavy (non-hydrogen) atoms. The second-order valence-corrected chi connectivity index (χ2v) is 7.90. The van der Waals surface area contributed by atoms with E-state index in [1.807, 2.05) is 13.0 Å². The maximum Gasteiger partial charge on any atom is 0.244 e. The number of halogens is 2.